The number of halogens is 1. The summed E-state index contributed by atoms with van der Waals surface area (Å²) in [4.78, 5) is 41.6. The number of thiocarbonyl (C=S) groups is 1. The fourth-order valence-corrected chi connectivity index (χ4v) is 3.92. The SMILES string of the molecule is C=CSC1(C(=O)O)CC1.C=CSC1(C(=O)OC)CC1.C=CSCC(=O)OC.CC=S.COC(=O)CBr.[Li+].[OH-]. The van der Waals surface area contributed by atoms with E-state index in [-0.39, 0.29) is 52.3 Å². The standard InChI is InChI=1S/C7H10O2S.C6H8O2S.C5H8O2S.C3H5BrO2.C2H4S.Li.H2O/c1-3-10-7(4-5-7)6(8)9-2;1-2-9-6(3-4-6)5(7)8;1-3-8-4-5(6)7-2;1-6-3(5)2-4;1-2-3;;/h3H,1,4-5H2,2H3;2H,1,3-4H2,(H,7,8);3H,1,4H2,2H3;2H2,1H3;2H,1H3;;1H2/q;;;;;+1;/p-1. The van der Waals surface area contributed by atoms with Crippen LogP contribution in [0.2, 0.25) is 0 Å². The molecule has 214 valence electrons. The smallest absolute Gasteiger partial charge is 0.870 e. The zero-order valence-corrected chi connectivity index (χ0v) is 27.3. The monoisotopic (exact) mass is 670 g/mol. The minimum absolute atomic E-state index is 0. The summed E-state index contributed by atoms with van der Waals surface area (Å²) in [6.45, 7) is 12.3. The Hall–Kier alpha value is -0.723. The number of rotatable bonds is 10. The van der Waals surface area contributed by atoms with Gasteiger partial charge in [0, 0.05) is 0 Å². The third-order valence-corrected chi connectivity index (χ3v) is 7.35. The number of ether oxygens (including phenoxy) is 3. The van der Waals surface area contributed by atoms with E-state index in [1.54, 1.807) is 21.6 Å². The normalized spacial score (nSPS) is 13.4. The molecule has 0 aromatic rings. The molecule has 0 spiro atoms. The minimum Gasteiger partial charge on any atom is -0.870 e. The second kappa shape index (κ2) is 29.3. The van der Waals surface area contributed by atoms with Crippen LogP contribution in [0.4, 0.5) is 0 Å². The summed E-state index contributed by atoms with van der Waals surface area (Å²) >= 11 is 11.3. The quantitative estimate of drug-likeness (QED) is 0.119. The summed E-state index contributed by atoms with van der Waals surface area (Å²) in [5.41, 5.74) is 0. The molecule has 38 heavy (non-hydrogen) atoms. The molecule has 2 aliphatic rings. The first-order valence-electron chi connectivity index (χ1n) is 10.2. The van der Waals surface area contributed by atoms with E-state index in [2.05, 4.69) is 62.1 Å². The zero-order chi connectivity index (χ0) is 28.6. The Morgan fingerprint density at radius 3 is 1.47 bits per heavy atom. The molecule has 2 saturated carbocycles. The van der Waals surface area contributed by atoms with Crippen molar-refractivity contribution < 1.29 is 62.8 Å². The van der Waals surface area contributed by atoms with E-state index in [1.165, 1.54) is 56.6 Å². The second-order valence-corrected chi connectivity index (χ2v) is 11.0. The van der Waals surface area contributed by atoms with Crippen molar-refractivity contribution in [2.75, 3.05) is 32.4 Å². The maximum Gasteiger partial charge on any atom is 1.00 e. The summed E-state index contributed by atoms with van der Waals surface area (Å²) in [7, 11) is 4.14. The fourth-order valence-electron chi connectivity index (χ4n) is 1.72. The number of esters is 3. The van der Waals surface area contributed by atoms with Crippen molar-refractivity contribution in [2.24, 2.45) is 0 Å². The van der Waals surface area contributed by atoms with Crippen LogP contribution in [0.3, 0.4) is 0 Å². The van der Waals surface area contributed by atoms with E-state index in [9.17, 15) is 19.2 Å². The minimum atomic E-state index is -0.701. The molecule has 2 rings (SSSR count). The molecular formula is C23H36BrLiO9S4. The van der Waals surface area contributed by atoms with Crippen LogP contribution in [0.5, 0.6) is 0 Å². The van der Waals surface area contributed by atoms with Gasteiger partial charge in [0.05, 0.1) is 27.1 Å². The first-order valence-corrected chi connectivity index (χ1v) is 14.6. The first kappa shape index (κ1) is 47.1. The second-order valence-electron chi connectivity index (χ2n) is 6.35. The van der Waals surface area contributed by atoms with Gasteiger partial charge in [-0.15, -0.1) is 35.3 Å². The molecule has 0 aliphatic heterocycles. The van der Waals surface area contributed by atoms with Gasteiger partial charge in [-0.2, -0.15) is 0 Å². The summed E-state index contributed by atoms with van der Waals surface area (Å²) in [5, 5.41) is 15.3. The van der Waals surface area contributed by atoms with Gasteiger partial charge in [0.2, 0.25) is 0 Å². The Morgan fingerprint density at radius 2 is 1.29 bits per heavy atom. The number of methoxy groups -OCH3 is 3. The molecule has 0 saturated heterocycles. The molecule has 0 amide bonds. The van der Waals surface area contributed by atoms with E-state index in [4.69, 9.17) is 5.11 Å². The van der Waals surface area contributed by atoms with Crippen LogP contribution in [0.1, 0.15) is 32.6 Å². The van der Waals surface area contributed by atoms with Gasteiger partial charge in [-0.05, 0) is 54.2 Å². The van der Waals surface area contributed by atoms with E-state index >= 15 is 0 Å². The van der Waals surface area contributed by atoms with Crippen LogP contribution in [-0.4, -0.2) is 81.7 Å². The van der Waals surface area contributed by atoms with Gasteiger partial charge in [0.1, 0.15) is 14.8 Å². The van der Waals surface area contributed by atoms with Crippen molar-refractivity contribution in [1.82, 2.24) is 0 Å². The number of carbonyl (C=O) groups is 4. The van der Waals surface area contributed by atoms with E-state index in [0.717, 1.165) is 25.7 Å². The number of aliphatic carboxylic acids is 1. The van der Waals surface area contributed by atoms with Crippen molar-refractivity contribution >= 4 is 92.7 Å². The van der Waals surface area contributed by atoms with Crippen LogP contribution < -0.4 is 18.9 Å². The molecule has 0 aromatic heterocycles. The topological polar surface area (TPSA) is 146 Å². The van der Waals surface area contributed by atoms with Gasteiger partial charge in [-0.3, -0.25) is 19.2 Å². The molecule has 15 heteroatoms. The summed E-state index contributed by atoms with van der Waals surface area (Å²) in [6.07, 6.45) is 3.44. The number of thioether (sulfide) groups is 3. The van der Waals surface area contributed by atoms with Crippen molar-refractivity contribution in [1.29, 1.82) is 0 Å². The number of carboxylic acids is 1. The van der Waals surface area contributed by atoms with Gasteiger partial charge in [0.25, 0.3) is 0 Å². The molecule has 2 fully saturated rings. The third kappa shape index (κ3) is 24.3. The number of hydrogen-bond acceptors (Lipinski definition) is 12. The summed E-state index contributed by atoms with van der Waals surface area (Å²) in [5.74, 6) is -0.908. The average Bonchev–Trinajstić information content (AvgIpc) is 3.80. The number of carbonyl (C=O) groups excluding carboxylic acids is 3. The van der Waals surface area contributed by atoms with Crippen molar-refractivity contribution in [3.05, 3.63) is 36.0 Å². The number of carboxylic acid groups (broad SMARTS) is 1. The largest absolute Gasteiger partial charge is 1.00 e. The number of hydrogen-bond donors (Lipinski definition) is 1. The average molecular weight is 672 g/mol. The van der Waals surface area contributed by atoms with Crippen molar-refractivity contribution in [3.63, 3.8) is 0 Å². The molecule has 0 bridgehead atoms. The molecule has 2 aliphatic carbocycles. The predicted molar refractivity (Wildman–Crippen MR) is 161 cm³/mol. The van der Waals surface area contributed by atoms with Crippen LogP contribution in [0, 0.1) is 0 Å². The van der Waals surface area contributed by atoms with Crippen molar-refractivity contribution in [3.8, 4) is 0 Å². The molecule has 0 unspecified atom stereocenters. The Morgan fingerprint density at radius 1 is 0.895 bits per heavy atom. The summed E-state index contributed by atoms with van der Waals surface area (Å²) in [6, 6.07) is 0. The third-order valence-electron chi connectivity index (χ3n) is 3.86. The van der Waals surface area contributed by atoms with E-state index in [1.807, 2.05) is 6.92 Å². The summed E-state index contributed by atoms with van der Waals surface area (Å²) < 4.78 is 12.4. The number of alkyl halides is 1. The van der Waals surface area contributed by atoms with Crippen LogP contribution in [-0.2, 0) is 33.4 Å². The fraction of sp³-hybridized carbons (Fsp3) is 0.522. The predicted octanol–water partition coefficient (Wildman–Crippen LogP) is 2.47. The van der Waals surface area contributed by atoms with Gasteiger partial charge in [-0.25, -0.2) is 0 Å². The van der Waals surface area contributed by atoms with E-state index < -0.39 is 10.7 Å². The Bertz CT molecular complexity index is 726. The van der Waals surface area contributed by atoms with Gasteiger partial charge in [0.15, 0.2) is 0 Å². The molecular weight excluding hydrogens is 635 g/mol. The van der Waals surface area contributed by atoms with Crippen molar-refractivity contribution in [2.45, 2.75) is 42.1 Å². The van der Waals surface area contributed by atoms with Gasteiger partial charge >= 0.3 is 42.7 Å². The molecule has 0 atom stereocenters. The molecule has 0 aromatic carbocycles. The van der Waals surface area contributed by atoms with Gasteiger partial charge < -0.3 is 24.8 Å². The molecule has 0 heterocycles. The van der Waals surface area contributed by atoms with E-state index in [0.29, 0.717) is 5.75 Å². The maximum absolute atomic E-state index is 11.0. The zero-order valence-electron chi connectivity index (χ0n) is 22.4. The Labute approximate surface area is 264 Å². The Balaban J connectivity index is -0.000000123. The van der Waals surface area contributed by atoms with Gasteiger partial charge in [-0.1, -0.05) is 47.9 Å². The van der Waals surface area contributed by atoms with Crippen LogP contribution in [0.15, 0.2) is 36.0 Å². The Kier molecular flexibility index (Phi) is 36.3. The molecule has 0 radical (unpaired) electrons. The molecule has 9 nitrogen and oxygen atoms in total. The molecule has 2 N–H and O–H groups in total. The first-order chi connectivity index (χ1) is 17.0. The maximum atomic E-state index is 11.0. The van der Waals surface area contributed by atoms with Crippen LogP contribution >= 0.6 is 63.4 Å². The van der Waals surface area contributed by atoms with Crippen LogP contribution in [0.25, 0.3) is 0 Å².